The zero-order valence-electron chi connectivity index (χ0n) is 11.7. The van der Waals surface area contributed by atoms with Crippen LogP contribution in [-0.2, 0) is 5.41 Å². The summed E-state index contributed by atoms with van der Waals surface area (Å²) in [6, 6.07) is 11.9. The van der Waals surface area contributed by atoms with E-state index >= 15 is 0 Å². The van der Waals surface area contributed by atoms with Gasteiger partial charge in [-0.3, -0.25) is 0 Å². The Balaban J connectivity index is 1.99. The Kier molecular flexibility index (Phi) is 4.27. The molecule has 1 heterocycles. The standard InChI is InChI=1S/C16H21NOS/c1-12(13-6-4-7-14(18)10-13)17-11-16(2,3)15-8-5-9-19-15/h4-10,12,17-18H,11H2,1-3H3. The summed E-state index contributed by atoms with van der Waals surface area (Å²) in [4.78, 5) is 1.39. The molecule has 1 atom stereocenters. The number of benzene rings is 1. The van der Waals surface area contributed by atoms with Crippen molar-refractivity contribution < 1.29 is 5.11 Å². The second kappa shape index (κ2) is 5.76. The summed E-state index contributed by atoms with van der Waals surface area (Å²) in [6.07, 6.45) is 0. The topological polar surface area (TPSA) is 32.3 Å². The fourth-order valence-electron chi connectivity index (χ4n) is 2.07. The molecule has 1 aromatic carbocycles. The molecule has 0 spiro atoms. The SMILES string of the molecule is CC(NCC(C)(C)c1cccs1)c1cccc(O)c1. The third-order valence-electron chi connectivity index (χ3n) is 3.41. The van der Waals surface area contributed by atoms with Crippen LogP contribution < -0.4 is 5.32 Å². The maximum Gasteiger partial charge on any atom is 0.115 e. The van der Waals surface area contributed by atoms with Crippen LogP contribution in [-0.4, -0.2) is 11.7 Å². The minimum Gasteiger partial charge on any atom is -0.508 e. The molecular weight excluding hydrogens is 254 g/mol. The number of hydrogen-bond donors (Lipinski definition) is 2. The smallest absolute Gasteiger partial charge is 0.115 e. The number of aromatic hydroxyl groups is 1. The van der Waals surface area contributed by atoms with E-state index in [-0.39, 0.29) is 11.5 Å². The molecular formula is C16H21NOS. The molecule has 2 rings (SSSR count). The number of nitrogens with one attached hydrogen (secondary N) is 1. The lowest BCUT2D eigenvalue weighted by molar-refractivity contribution is 0.438. The van der Waals surface area contributed by atoms with Gasteiger partial charge in [-0.2, -0.15) is 0 Å². The first-order valence-electron chi connectivity index (χ1n) is 6.55. The van der Waals surface area contributed by atoms with E-state index in [1.165, 1.54) is 4.88 Å². The first-order chi connectivity index (χ1) is 8.99. The van der Waals surface area contributed by atoms with Gasteiger partial charge in [0.1, 0.15) is 5.75 Å². The van der Waals surface area contributed by atoms with Gasteiger partial charge in [0.25, 0.3) is 0 Å². The number of thiophene rings is 1. The minimum absolute atomic E-state index is 0.124. The molecule has 2 aromatic rings. The molecule has 102 valence electrons. The van der Waals surface area contributed by atoms with Gasteiger partial charge in [0, 0.05) is 22.9 Å². The summed E-state index contributed by atoms with van der Waals surface area (Å²) in [5.41, 5.74) is 1.24. The lowest BCUT2D eigenvalue weighted by atomic mass is 9.91. The Morgan fingerprint density at radius 3 is 2.68 bits per heavy atom. The second-order valence-corrected chi connectivity index (χ2v) is 6.51. The van der Waals surface area contributed by atoms with E-state index in [9.17, 15) is 5.11 Å². The van der Waals surface area contributed by atoms with Crippen LogP contribution in [0.5, 0.6) is 5.75 Å². The molecule has 1 aromatic heterocycles. The fourth-order valence-corrected chi connectivity index (χ4v) is 2.92. The molecule has 0 aliphatic heterocycles. The van der Waals surface area contributed by atoms with Crippen LogP contribution in [0.2, 0.25) is 0 Å². The molecule has 2 nitrogen and oxygen atoms in total. The van der Waals surface area contributed by atoms with Crippen molar-refractivity contribution in [3.63, 3.8) is 0 Å². The van der Waals surface area contributed by atoms with Gasteiger partial charge in [-0.15, -0.1) is 11.3 Å². The molecule has 19 heavy (non-hydrogen) atoms. The third kappa shape index (κ3) is 3.58. The summed E-state index contributed by atoms with van der Waals surface area (Å²) in [6.45, 7) is 7.53. The molecule has 0 bridgehead atoms. The minimum atomic E-state index is 0.124. The number of phenolic OH excluding ortho intramolecular Hbond substituents is 1. The highest BCUT2D eigenvalue weighted by Gasteiger charge is 2.22. The van der Waals surface area contributed by atoms with Gasteiger partial charge >= 0.3 is 0 Å². The maximum atomic E-state index is 9.51. The number of rotatable bonds is 5. The van der Waals surface area contributed by atoms with Crippen LogP contribution in [0.3, 0.4) is 0 Å². The number of phenols is 1. The normalized spacial score (nSPS) is 13.4. The molecule has 0 radical (unpaired) electrons. The molecule has 0 saturated carbocycles. The Morgan fingerprint density at radius 2 is 2.05 bits per heavy atom. The first kappa shape index (κ1) is 14.1. The molecule has 0 aliphatic carbocycles. The van der Waals surface area contributed by atoms with Gasteiger partial charge in [-0.1, -0.05) is 32.0 Å². The van der Waals surface area contributed by atoms with E-state index in [4.69, 9.17) is 0 Å². The van der Waals surface area contributed by atoms with E-state index in [2.05, 4.69) is 43.6 Å². The Morgan fingerprint density at radius 1 is 1.26 bits per heavy atom. The van der Waals surface area contributed by atoms with Crippen LogP contribution in [0.15, 0.2) is 41.8 Å². The van der Waals surface area contributed by atoms with Crippen LogP contribution in [0.25, 0.3) is 0 Å². The fraction of sp³-hybridized carbons (Fsp3) is 0.375. The summed E-state index contributed by atoms with van der Waals surface area (Å²) in [5.74, 6) is 0.323. The molecule has 0 fully saturated rings. The largest absolute Gasteiger partial charge is 0.508 e. The Labute approximate surface area is 119 Å². The highest BCUT2D eigenvalue weighted by molar-refractivity contribution is 7.10. The lowest BCUT2D eigenvalue weighted by Crippen LogP contribution is -2.33. The van der Waals surface area contributed by atoms with Crippen LogP contribution in [0.1, 0.15) is 37.3 Å². The van der Waals surface area contributed by atoms with Gasteiger partial charge in [0.2, 0.25) is 0 Å². The quantitative estimate of drug-likeness (QED) is 0.861. The maximum absolute atomic E-state index is 9.51. The molecule has 3 heteroatoms. The van der Waals surface area contributed by atoms with Crippen molar-refractivity contribution in [2.45, 2.75) is 32.2 Å². The molecule has 1 unspecified atom stereocenters. The van der Waals surface area contributed by atoms with Gasteiger partial charge in [-0.25, -0.2) is 0 Å². The second-order valence-electron chi connectivity index (χ2n) is 5.56. The summed E-state index contributed by atoms with van der Waals surface area (Å²) >= 11 is 1.80. The molecule has 0 amide bonds. The molecule has 0 aliphatic rings. The predicted molar refractivity (Wildman–Crippen MR) is 81.9 cm³/mol. The van der Waals surface area contributed by atoms with E-state index in [1.807, 2.05) is 18.2 Å². The number of hydrogen-bond acceptors (Lipinski definition) is 3. The highest BCUT2D eigenvalue weighted by atomic mass is 32.1. The highest BCUT2D eigenvalue weighted by Crippen LogP contribution is 2.27. The van der Waals surface area contributed by atoms with E-state index < -0.39 is 0 Å². The summed E-state index contributed by atoms with van der Waals surface area (Å²) in [5, 5.41) is 15.2. The van der Waals surface area contributed by atoms with Gasteiger partial charge in [0.05, 0.1) is 0 Å². The van der Waals surface area contributed by atoms with Crippen LogP contribution in [0, 0.1) is 0 Å². The monoisotopic (exact) mass is 275 g/mol. The average molecular weight is 275 g/mol. The van der Waals surface area contributed by atoms with Crippen molar-refractivity contribution in [1.82, 2.24) is 5.32 Å². The van der Waals surface area contributed by atoms with Crippen molar-refractivity contribution in [1.29, 1.82) is 0 Å². The zero-order chi connectivity index (χ0) is 13.9. The summed E-state index contributed by atoms with van der Waals surface area (Å²) < 4.78 is 0. The van der Waals surface area contributed by atoms with Crippen molar-refractivity contribution >= 4 is 11.3 Å². The average Bonchev–Trinajstić information content (AvgIpc) is 2.90. The van der Waals surface area contributed by atoms with Crippen LogP contribution >= 0.6 is 11.3 Å². The van der Waals surface area contributed by atoms with Crippen molar-refractivity contribution in [2.24, 2.45) is 0 Å². The summed E-state index contributed by atoms with van der Waals surface area (Å²) in [7, 11) is 0. The van der Waals surface area contributed by atoms with Crippen LogP contribution in [0.4, 0.5) is 0 Å². The first-order valence-corrected chi connectivity index (χ1v) is 7.43. The third-order valence-corrected chi connectivity index (χ3v) is 4.64. The van der Waals surface area contributed by atoms with Crippen molar-refractivity contribution in [2.75, 3.05) is 6.54 Å². The predicted octanol–water partition coefficient (Wildman–Crippen LogP) is 4.08. The lowest BCUT2D eigenvalue weighted by Gasteiger charge is -2.26. The van der Waals surface area contributed by atoms with E-state index in [0.717, 1.165) is 12.1 Å². The van der Waals surface area contributed by atoms with Gasteiger partial charge < -0.3 is 10.4 Å². The van der Waals surface area contributed by atoms with Gasteiger partial charge in [0.15, 0.2) is 0 Å². The van der Waals surface area contributed by atoms with E-state index in [0.29, 0.717) is 5.75 Å². The molecule has 0 saturated heterocycles. The Bertz CT molecular complexity index is 519. The zero-order valence-corrected chi connectivity index (χ0v) is 12.5. The van der Waals surface area contributed by atoms with Gasteiger partial charge in [-0.05, 0) is 36.1 Å². The van der Waals surface area contributed by atoms with E-state index in [1.54, 1.807) is 17.4 Å². The Hall–Kier alpha value is -1.32. The van der Waals surface area contributed by atoms with Crippen molar-refractivity contribution in [3.05, 3.63) is 52.2 Å². The molecule has 2 N–H and O–H groups in total. The van der Waals surface area contributed by atoms with Crippen molar-refractivity contribution in [3.8, 4) is 5.75 Å².